The molecule has 1 aromatic rings. The molecule has 0 aliphatic heterocycles. The molecule has 102 valence electrons. The Bertz CT molecular complexity index is 360. The van der Waals surface area contributed by atoms with Crippen LogP contribution in [0.5, 0.6) is 0 Å². The second kappa shape index (κ2) is 6.34. The molecule has 1 fully saturated rings. The van der Waals surface area contributed by atoms with E-state index in [4.69, 9.17) is 5.84 Å². The summed E-state index contributed by atoms with van der Waals surface area (Å²) in [5.41, 5.74) is 3.03. The van der Waals surface area contributed by atoms with Crippen LogP contribution >= 0.6 is 0 Å². The molecule has 0 radical (unpaired) electrons. The fourth-order valence-electron chi connectivity index (χ4n) is 3.22. The minimum atomic E-state index is 0.362. The molecule has 0 spiro atoms. The van der Waals surface area contributed by atoms with Gasteiger partial charge in [0.05, 0.1) is 0 Å². The topological polar surface area (TPSA) is 55.9 Å². The average Bonchev–Trinajstić information content (AvgIpc) is 2.83. The summed E-state index contributed by atoms with van der Waals surface area (Å²) in [4.78, 5) is 4.46. The van der Waals surface area contributed by atoms with Gasteiger partial charge in [-0.3, -0.25) is 11.3 Å². The van der Waals surface area contributed by atoms with E-state index in [1.54, 1.807) is 0 Å². The maximum atomic E-state index is 5.77. The smallest absolute Gasteiger partial charge is 0.110 e. The molecule has 1 aliphatic carbocycles. The zero-order valence-corrected chi connectivity index (χ0v) is 11.6. The van der Waals surface area contributed by atoms with E-state index in [-0.39, 0.29) is 0 Å². The van der Waals surface area contributed by atoms with Crippen molar-refractivity contribution in [2.45, 2.75) is 58.5 Å². The van der Waals surface area contributed by atoms with Crippen LogP contribution in [-0.2, 0) is 13.0 Å². The predicted octanol–water partition coefficient (Wildman–Crippen LogP) is 2.10. The van der Waals surface area contributed by atoms with Gasteiger partial charge in [0.2, 0.25) is 0 Å². The fraction of sp³-hybridized carbons (Fsp3) is 0.786. The molecule has 0 saturated heterocycles. The quantitative estimate of drug-likeness (QED) is 0.621. The first-order chi connectivity index (χ1) is 8.74. The van der Waals surface area contributed by atoms with Crippen LogP contribution in [0.2, 0.25) is 0 Å². The Morgan fingerprint density at radius 1 is 1.56 bits per heavy atom. The molecule has 4 heteroatoms. The fourth-order valence-corrected chi connectivity index (χ4v) is 3.22. The summed E-state index contributed by atoms with van der Waals surface area (Å²) in [5, 5.41) is 0. The van der Waals surface area contributed by atoms with Gasteiger partial charge < -0.3 is 4.57 Å². The molecule has 1 saturated carbocycles. The first-order valence-electron chi connectivity index (χ1n) is 7.20. The monoisotopic (exact) mass is 250 g/mol. The van der Waals surface area contributed by atoms with Crippen LogP contribution in [0.25, 0.3) is 0 Å². The van der Waals surface area contributed by atoms with E-state index in [0.29, 0.717) is 12.0 Å². The Balaban J connectivity index is 2.00. The molecule has 3 atom stereocenters. The summed E-state index contributed by atoms with van der Waals surface area (Å²) >= 11 is 0. The second-order valence-corrected chi connectivity index (χ2v) is 5.64. The number of aromatic nitrogens is 2. The van der Waals surface area contributed by atoms with Gasteiger partial charge in [-0.1, -0.05) is 19.8 Å². The van der Waals surface area contributed by atoms with Gasteiger partial charge >= 0.3 is 0 Å². The number of imidazole rings is 1. The average molecular weight is 250 g/mol. The third-order valence-corrected chi connectivity index (χ3v) is 4.30. The number of nitrogens with zero attached hydrogens (tertiary/aromatic N) is 2. The summed E-state index contributed by atoms with van der Waals surface area (Å²) in [5.74, 6) is 8.46. The van der Waals surface area contributed by atoms with Gasteiger partial charge in [0.25, 0.3) is 0 Å². The lowest BCUT2D eigenvalue weighted by Crippen LogP contribution is -2.44. The highest BCUT2D eigenvalue weighted by molar-refractivity contribution is 4.97. The number of aryl methyl sites for hydroxylation is 1. The minimum Gasteiger partial charge on any atom is -0.335 e. The Kier molecular flexibility index (Phi) is 4.78. The SMILES string of the molecule is CCn1ccnc1CC(NN)C1CCCC(C)C1. The van der Waals surface area contributed by atoms with Crippen LogP contribution in [0.4, 0.5) is 0 Å². The maximum absolute atomic E-state index is 5.77. The minimum absolute atomic E-state index is 0.362. The number of hydrogen-bond acceptors (Lipinski definition) is 3. The van der Waals surface area contributed by atoms with Crippen LogP contribution in [-0.4, -0.2) is 15.6 Å². The molecule has 1 heterocycles. The molecule has 1 aliphatic rings. The van der Waals surface area contributed by atoms with Gasteiger partial charge in [-0.2, -0.15) is 0 Å². The Morgan fingerprint density at radius 3 is 3.06 bits per heavy atom. The van der Waals surface area contributed by atoms with Crippen molar-refractivity contribution in [3.8, 4) is 0 Å². The summed E-state index contributed by atoms with van der Waals surface area (Å²) in [6.45, 7) is 5.49. The molecule has 1 aromatic heterocycles. The van der Waals surface area contributed by atoms with Crippen molar-refractivity contribution < 1.29 is 0 Å². The van der Waals surface area contributed by atoms with Crippen molar-refractivity contribution in [2.75, 3.05) is 0 Å². The lowest BCUT2D eigenvalue weighted by atomic mass is 9.78. The molecule has 4 nitrogen and oxygen atoms in total. The summed E-state index contributed by atoms with van der Waals surface area (Å²) in [6.07, 6.45) is 10.2. The van der Waals surface area contributed by atoms with Crippen LogP contribution < -0.4 is 11.3 Å². The first kappa shape index (κ1) is 13.6. The molecule has 0 aromatic carbocycles. The van der Waals surface area contributed by atoms with Gasteiger partial charge in [0, 0.05) is 31.4 Å². The summed E-state index contributed by atoms with van der Waals surface area (Å²) in [6, 6.07) is 0.362. The van der Waals surface area contributed by atoms with E-state index in [0.717, 1.165) is 24.7 Å². The summed E-state index contributed by atoms with van der Waals surface area (Å²) < 4.78 is 2.20. The van der Waals surface area contributed by atoms with Crippen molar-refractivity contribution in [1.82, 2.24) is 15.0 Å². The van der Waals surface area contributed by atoms with Crippen LogP contribution in [0, 0.1) is 11.8 Å². The zero-order valence-electron chi connectivity index (χ0n) is 11.6. The highest BCUT2D eigenvalue weighted by Gasteiger charge is 2.27. The number of rotatable bonds is 5. The molecule has 2 rings (SSSR count). The Labute approximate surface area is 110 Å². The van der Waals surface area contributed by atoms with Gasteiger partial charge in [-0.15, -0.1) is 0 Å². The van der Waals surface area contributed by atoms with Gasteiger partial charge in [-0.05, 0) is 31.6 Å². The van der Waals surface area contributed by atoms with E-state index in [9.17, 15) is 0 Å². The van der Waals surface area contributed by atoms with Crippen LogP contribution in [0.1, 0.15) is 45.4 Å². The third kappa shape index (κ3) is 3.12. The van der Waals surface area contributed by atoms with Crippen molar-refractivity contribution in [1.29, 1.82) is 0 Å². The van der Waals surface area contributed by atoms with E-state index in [2.05, 4.69) is 28.8 Å². The largest absolute Gasteiger partial charge is 0.335 e. The molecule has 0 bridgehead atoms. The molecule has 3 unspecified atom stereocenters. The van der Waals surface area contributed by atoms with Crippen molar-refractivity contribution in [3.05, 3.63) is 18.2 Å². The van der Waals surface area contributed by atoms with Gasteiger partial charge in [0.1, 0.15) is 5.82 Å². The van der Waals surface area contributed by atoms with Crippen LogP contribution in [0.15, 0.2) is 12.4 Å². The normalized spacial score (nSPS) is 26.2. The van der Waals surface area contributed by atoms with E-state index < -0.39 is 0 Å². The maximum Gasteiger partial charge on any atom is 0.110 e. The third-order valence-electron chi connectivity index (χ3n) is 4.30. The molecule has 0 amide bonds. The molecular formula is C14H26N4. The standard InChI is InChI=1S/C14H26N4/c1-3-18-8-7-16-14(18)10-13(17-15)12-6-4-5-11(2)9-12/h7-8,11-13,17H,3-6,9-10,15H2,1-2H3. The number of nitrogens with two attached hydrogens (primary N) is 1. The van der Waals surface area contributed by atoms with Crippen LogP contribution in [0.3, 0.4) is 0 Å². The van der Waals surface area contributed by atoms with Crippen molar-refractivity contribution in [3.63, 3.8) is 0 Å². The summed E-state index contributed by atoms with van der Waals surface area (Å²) in [7, 11) is 0. The lowest BCUT2D eigenvalue weighted by Gasteiger charge is -2.32. The zero-order chi connectivity index (χ0) is 13.0. The second-order valence-electron chi connectivity index (χ2n) is 5.64. The molecule has 3 N–H and O–H groups in total. The Morgan fingerprint density at radius 2 is 2.39 bits per heavy atom. The van der Waals surface area contributed by atoms with E-state index in [1.807, 2.05) is 12.4 Å². The number of nitrogens with one attached hydrogen (secondary N) is 1. The van der Waals surface area contributed by atoms with Gasteiger partial charge in [0.15, 0.2) is 0 Å². The highest BCUT2D eigenvalue weighted by Crippen LogP contribution is 2.31. The highest BCUT2D eigenvalue weighted by atomic mass is 15.2. The van der Waals surface area contributed by atoms with Crippen molar-refractivity contribution in [2.24, 2.45) is 17.7 Å². The lowest BCUT2D eigenvalue weighted by molar-refractivity contribution is 0.219. The molecule has 18 heavy (non-hydrogen) atoms. The van der Waals surface area contributed by atoms with Gasteiger partial charge in [-0.25, -0.2) is 4.98 Å². The Hall–Kier alpha value is -0.870. The predicted molar refractivity (Wildman–Crippen MR) is 73.8 cm³/mol. The van der Waals surface area contributed by atoms with Crippen molar-refractivity contribution >= 4 is 0 Å². The van der Waals surface area contributed by atoms with E-state index >= 15 is 0 Å². The first-order valence-corrected chi connectivity index (χ1v) is 7.20. The number of hydrazine groups is 1. The molecular weight excluding hydrogens is 224 g/mol. The van der Waals surface area contributed by atoms with E-state index in [1.165, 1.54) is 25.7 Å². The number of hydrogen-bond donors (Lipinski definition) is 2.